The summed E-state index contributed by atoms with van der Waals surface area (Å²) in [6.45, 7) is 6.86. The number of amides is 1. The Morgan fingerprint density at radius 3 is 2.31 bits per heavy atom. The number of thiophene rings is 2. The molecule has 1 amide bonds. The fourth-order valence-corrected chi connectivity index (χ4v) is 4.16. The SMILES string of the molecule is CC(C)(C)c1ccc(C(=O)NCc2ccc(C(=O)c3cccs3)s2)cc1. The molecule has 26 heavy (non-hydrogen) atoms. The van der Waals surface area contributed by atoms with E-state index < -0.39 is 0 Å². The Bertz CT molecular complexity index is 900. The summed E-state index contributed by atoms with van der Waals surface area (Å²) in [5.41, 5.74) is 1.91. The molecule has 0 fully saturated rings. The highest BCUT2D eigenvalue weighted by Gasteiger charge is 2.15. The summed E-state index contributed by atoms with van der Waals surface area (Å²) in [6, 6.07) is 15.1. The summed E-state index contributed by atoms with van der Waals surface area (Å²) in [4.78, 5) is 27.1. The highest BCUT2D eigenvalue weighted by molar-refractivity contribution is 7.16. The lowest BCUT2D eigenvalue weighted by molar-refractivity contribution is 0.0950. The Morgan fingerprint density at radius 2 is 1.69 bits per heavy atom. The number of hydrogen-bond donors (Lipinski definition) is 1. The summed E-state index contributed by atoms with van der Waals surface area (Å²) >= 11 is 2.87. The van der Waals surface area contributed by atoms with E-state index in [9.17, 15) is 9.59 Å². The second-order valence-electron chi connectivity index (χ2n) is 7.08. The van der Waals surface area contributed by atoms with Crippen molar-refractivity contribution < 1.29 is 9.59 Å². The van der Waals surface area contributed by atoms with Gasteiger partial charge in [-0.3, -0.25) is 9.59 Å². The quantitative estimate of drug-likeness (QED) is 0.610. The molecule has 5 heteroatoms. The van der Waals surface area contributed by atoms with Gasteiger partial charge in [-0.1, -0.05) is 39.0 Å². The van der Waals surface area contributed by atoms with Crippen LogP contribution in [0.15, 0.2) is 53.9 Å². The number of benzene rings is 1. The standard InChI is InChI=1S/C21H21NO2S2/c1-21(2,3)15-8-6-14(7-9-15)20(24)22-13-16-10-11-18(26-16)19(23)17-5-4-12-25-17/h4-12H,13H2,1-3H3,(H,22,24). The van der Waals surface area contributed by atoms with Crippen LogP contribution in [-0.4, -0.2) is 11.7 Å². The van der Waals surface area contributed by atoms with Crippen LogP contribution >= 0.6 is 22.7 Å². The molecule has 0 radical (unpaired) electrons. The van der Waals surface area contributed by atoms with Gasteiger partial charge >= 0.3 is 0 Å². The van der Waals surface area contributed by atoms with Crippen molar-refractivity contribution in [2.24, 2.45) is 0 Å². The minimum Gasteiger partial charge on any atom is -0.347 e. The van der Waals surface area contributed by atoms with E-state index in [2.05, 4.69) is 26.1 Å². The summed E-state index contributed by atoms with van der Waals surface area (Å²) in [5, 5.41) is 4.82. The molecule has 0 atom stereocenters. The van der Waals surface area contributed by atoms with E-state index in [0.717, 1.165) is 9.75 Å². The first-order chi connectivity index (χ1) is 12.3. The largest absolute Gasteiger partial charge is 0.347 e. The van der Waals surface area contributed by atoms with E-state index >= 15 is 0 Å². The van der Waals surface area contributed by atoms with Crippen molar-refractivity contribution in [3.8, 4) is 0 Å². The molecule has 2 aromatic heterocycles. The van der Waals surface area contributed by atoms with Crippen LogP contribution in [0.5, 0.6) is 0 Å². The molecule has 0 bridgehead atoms. The third kappa shape index (κ3) is 4.29. The maximum Gasteiger partial charge on any atom is 0.251 e. The van der Waals surface area contributed by atoms with Crippen LogP contribution in [0.25, 0.3) is 0 Å². The maximum atomic E-state index is 12.3. The van der Waals surface area contributed by atoms with Gasteiger partial charge in [-0.15, -0.1) is 22.7 Å². The van der Waals surface area contributed by atoms with E-state index in [-0.39, 0.29) is 17.1 Å². The van der Waals surface area contributed by atoms with Crippen LogP contribution in [-0.2, 0) is 12.0 Å². The number of nitrogens with one attached hydrogen (secondary N) is 1. The monoisotopic (exact) mass is 383 g/mol. The average molecular weight is 384 g/mol. The molecule has 3 nitrogen and oxygen atoms in total. The van der Waals surface area contributed by atoms with Crippen LogP contribution in [0.2, 0.25) is 0 Å². The number of carbonyl (C=O) groups is 2. The molecular weight excluding hydrogens is 362 g/mol. The number of carbonyl (C=O) groups excluding carboxylic acids is 2. The minimum atomic E-state index is -0.106. The zero-order valence-corrected chi connectivity index (χ0v) is 16.7. The van der Waals surface area contributed by atoms with Crippen molar-refractivity contribution in [1.29, 1.82) is 0 Å². The minimum absolute atomic E-state index is 0.0420. The van der Waals surface area contributed by atoms with E-state index in [0.29, 0.717) is 17.0 Å². The van der Waals surface area contributed by atoms with Gasteiger partial charge in [0.25, 0.3) is 5.91 Å². The van der Waals surface area contributed by atoms with Gasteiger partial charge in [0.1, 0.15) is 0 Å². The Labute approximate surface area is 161 Å². The summed E-state index contributed by atoms with van der Waals surface area (Å²) in [6.07, 6.45) is 0. The summed E-state index contributed by atoms with van der Waals surface area (Å²) in [5.74, 6) is -0.0645. The summed E-state index contributed by atoms with van der Waals surface area (Å²) < 4.78 is 0. The van der Waals surface area contributed by atoms with Crippen LogP contribution in [0.4, 0.5) is 0 Å². The van der Waals surface area contributed by atoms with Crippen LogP contribution in [0.3, 0.4) is 0 Å². The lowest BCUT2D eigenvalue weighted by atomic mass is 9.87. The van der Waals surface area contributed by atoms with Gasteiger partial charge in [-0.2, -0.15) is 0 Å². The van der Waals surface area contributed by atoms with E-state index in [4.69, 9.17) is 0 Å². The molecule has 1 N–H and O–H groups in total. The molecule has 3 aromatic rings. The molecule has 0 saturated carbocycles. The molecular formula is C21H21NO2S2. The predicted molar refractivity (Wildman–Crippen MR) is 108 cm³/mol. The lowest BCUT2D eigenvalue weighted by Gasteiger charge is -2.19. The van der Waals surface area contributed by atoms with Crippen LogP contribution in [0, 0.1) is 0 Å². The lowest BCUT2D eigenvalue weighted by Crippen LogP contribution is -2.22. The normalized spacial score (nSPS) is 11.3. The van der Waals surface area contributed by atoms with Gasteiger partial charge in [0, 0.05) is 10.4 Å². The Balaban J connectivity index is 1.61. The number of ketones is 1. The molecule has 0 aliphatic rings. The van der Waals surface area contributed by atoms with E-state index in [1.165, 1.54) is 28.2 Å². The summed E-state index contributed by atoms with van der Waals surface area (Å²) in [7, 11) is 0. The van der Waals surface area contributed by atoms with E-state index in [1.54, 1.807) is 0 Å². The smallest absolute Gasteiger partial charge is 0.251 e. The van der Waals surface area contributed by atoms with Crippen molar-refractivity contribution in [2.45, 2.75) is 32.7 Å². The topological polar surface area (TPSA) is 46.2 Å². The molecule has 1 aromatic carbocycles. The van der Waals surface area contributed by atoms with Crippen LogP contribution < -0.4 is 5.32 Å². The second kappa shape index (κ2) is 7.56. The van der Waals surface area contributed by atoms with Crippen molar-refractivity contribution in [1.82, 2.24) is 5.32 Å². The Morgan fingerprint density at radius 1 is 0.962 bits per heavy atom. The Hall–Kier alpha value is -2.24. The van der Waals surface area contributed by atoms with Gasteiger partial charge in [0.2, 0.25) is 5.78 Å². The van der Waals surface area contributed by atoms with Crippen molar-refractivity contribution in [3.63, 3.8) is 0 Å². The van der Waals surface area contributed by atoms with Gasteiger partial charge in [-0.25, -0.2) is 0 Å². The molecule has 3 rings (SSSR count). The Kier molecular flexibility index (Phi) is 5.39. The predicted octanol–water partition coefficient (Wildman–Crippen LogP) is 5.27. The second-order valence-corrected chi connectivity index (χ2v) is 9.20. The van der Waals surface area contributed by atoms with Gasteiger partial charge in [-0.05, 0) is 46.7 Å². The zero-order chi connectivity index (χ0) is 18.7. The molecule has 0 saturated heterocycles. The average Bonchev–Trinajstić information content (AvgIpc) is 3.30. The molecule has 0 aliphatic carbocycles. The van der Waals surface area contributed by atoms with Crippen LogP contribution in [0.1, 0.15) is 56.1 Å². The third-order valence-electron chi connectivity index (χ3n) is 4.07. The zero-order valence-electron chi connectivity index (χ0n) is 15.0. The first kappa shape index (κ1) is 18.5. The van der Waals surface area contributed by atoms with Crippen molar-refractivity contribution in [2.75, 3.05) is 0 Å². The van der Waals surface area contributed by atoms with Gasteiger partial charge in [0.15, 0.2) is 0 Å². The van der Waals surface area contributed by atoms with Crippen molar-refractivity contribution >= 4 is 34.4 Å². The molecule has 0 aliphatic heterocycles. The molecule has 0 unspecified atom stereocenters. The maximum absolute atomic E-state index is 12.3. The third-order valence-corrected chi connectivity index (χ3v) is 6.02. The molecule has 134 valence electrons. The number of hydrogen-bond acceptors (Lipinski definition) is 4. The fourth-order valence-electron chi connectivity index (χ4n) is 2.52. The fraction of sp³-hybridized carbons (Fsp3) is 0.238. The van der Waals surface area contributed by atoms with E-state index in [1.807, 2.05) is 53.9 Å². The highest BCUT2D eigenvalue weighted by Crippen LogP contribution is 2.23. The number of rotatable bonds is 5. The first-order valence-electron chi connectivity index (χ1n) is 8.40. The molecule has 2 heterocycles. The van der Waals surface area contributed by atoms with Gasteiger partial charge in [0.05, 0.1) is 16.3 Å². The van der Waals surface area contributed by atoms with Gasteiger partial charge < -0.3 is 5.32 Å². The van der Waals surface area contributed by atoms with Crippen molar-refractivity contribution in [3.05, 3.63) is 79.7 Å². The molecule has 0 spiro atoms. The first-order valence-corrected chi connectivity index (χ1v) is 10.1. The highest BCUT2D eigenvalue weighted by atomic mass is 32.1.